The number of rotatable bonds is 6. The number of hydrogen-bond acceptors (Lipinski definition) is 3. The fraction of sp³-hybridized carbons (Fsp3) is 0.286. The number of nitrogens with one attached hydrogen (secondary N) is 1. The van der Waals surface area contributed by atoms with Crippen LogP contribution in [0.15, 0.2) is 29.2 Å². The van der Waals surface area contributed by atoms with Gasteiger partial charge in [-0.1, -0.05) is 11.6 Å². The first-order valence-electron chi connectivity index (χ1n) is 9.92. The van der Waals surface area contributed by atoms with Crippen LogP contribution >= 0.6 is 11.6 Å². The van der Waals surface area contributed by atoms with Gasteiger partial charge in [0.15, 0.2) is 28.3 Å². The highest BCUT2D eigenvalue weighted by Gasteiger charge is 2.68. The van der Waals surface area contributed by atoms with Crippen LogP contribution in [0.5, 0.6) is 0 Å². The molecule has 36 heavy (non-hydrogen) atoms. The number of carbonyl (C=O) groups excluding carboxylic acids is 1. The molecule has 1 unspecified atom stereocenters. The van der Waals surface area contributed by atoms with E-state index in [4.69, 9.17) is 11.6 Å². The van der Waals surface area contributed by atoms with Gasteiger partial charge in [-0.15, -0.1) is 0 Å². The van der Waals surface area contributed by atoms with Crippen LogP contribution in [-0.4, -0.2) is 33.6 Å². The number of carbonyl (C=O) groups is 1. The Morgan fingerprint density at radius 2 is 1.64 bits per heavy atom. The zero-order chi connectivity index (χ0) is 26.7. The molecule has 2 aromatic heterocycles. The third-order valence-electron chi connectivity index (χ3n) is 5.55. The molecule has 1 atom stereocenters. The summed E-state index contributed by atoms with van der Waals surface area (Å²) in [5.74, 6) is -19.3. The second kappa shape index (κ2) is 8.68. The predicted octanol–water partition coefficient (Wildman–Crippen LogP) is 5.30. The molecule has 15 heteroatoms. The van der Waals surface area contributed by atoms with E-state index < -0.39 is 86.1 Å². The van der Waals surface area contributed by atoms with Gasteiger partial charge in [-0.3, -0.25) is 14.2 Å². The van der Waals surface area contributed by atoms with Crippen molar-refractivity contribution >= 4 is 28.5 Å². The van der Waals surface area contributed by atoms with E-state index in [1.807, 2.05) is 0 Å². The summed E-state index contributed by atoms with van der Waals surface area (Å²) >= 11 is 5.58. The molecule has 1 N–H and O–H groups in total. The minimum atomic E-state index is -5.38. The van der Waals surface area contributed by atoms with E-state index in [0.717, 1.165) is 5.32 Å². The number of aromatic nitrogens is 2. The number of alkyl halides is 5. The van der Waals surface area contributed by atoms with Gasteiger partial charge in [0, 0.05) is 24.2 Å². The van der Waals surface area contributed by atoms with Crippen LogP contribution in [0.25, 0.3) is 16.7 Å². The SMILES string of the molecule is O=C(NC(F)(C1CC1)C(F)(F)C(F)F)c1cn(-c2c(F)cc(F)cc2F)c2nc(Cl)c(F)cc2c1=O. The first kappa shape index (κ1) is 25.8. The van der Waals surface area contributed by atoms with Crippen LogP contribution in [0.2, 0.25) is 5.15 Å². The largest absolute Gasteiger partial charge is 0.358 e. The number of pyridine rings is 2. The summed E-state index contributed by atoms with van der Waals surface area (Å²) in [5.41, 5.74) is -4.68. The van der Waals surface area contributed by atoms with E-state index in [1.165, 1.54) is 0 Å². The minimum Gasteiger partial charge on any atom is -0.314 e. The second-order valence-corrected chi connectivity index (χ2v) is 8.31. The van der Waals surface area contributed by atoms with Gasteiger partial charge in [0.1, 0.15) is 17.1 Å². The molecule has 0 saturated heterocycles. The number of amides is 1. The quantitative estimate of drug-likeness (QED) is 0.261. The fourth-order valence-corrected chi connectivity index (χ4v) is 3.76. The monoisotopic (exact) mass is 543 g/mol. The molecule has 1 aromatic carbocycles. The summed E-state index contributed by atoms with van der Waals surface area (Å²) in [5, 5.41) is -0.651. The van der Waals surface area contributed by atoms with Gasteiger partial charge in [0.25, 0.3) is 11.7 Å². The first-order valence-corrected chi connectivity index (χ1v) is 10.3. The molecule has 1 fully saturated rings. The normalized spacial score (nSPS) is 15.9. The van der Waals surface area contributed by atoms with E-state index in [9.17, 15) is 44.7 Å². The van der Waals surface area contributed by atoms with Gasteiger partial charge in [0.2, 0.25) is 5.43 Å². The summed E-state index contributed by atoms with van der Waals surface area (Å²) in [4.78, 5) is 29.1. The van der Waals surface area contributed by atoms with E-state index in [-0.39, 0.29) is 25.0 Å². The average molecular weight is 544 g/mol. The number of benzene rings is 1. The molecule has 1 amide bonds. The smallest absolute Gasteiger partial charge is 0.314 e. The molecule has 1 aliphatic carbocycles. The molecule has 0 spiro atoms. The third-order valence-corrected chi connectivity index (χ3v) is 5.82. The average Bonchev–Trinajstić information content (AvgIpc) is 3.61. The molecule has 2 heterocycles. The Balaban J connectivity index is 1.96. The zero-order valence-electron chi connectivity index (χ0n) is 17.4. The van der Waals surface area contributed by atoms with E-state index in [0.29, 0.717) is 16.8 Å². The van der Waals surface area contributed by atoms with Crippen molar-refractivity contribution in [2.45, 2.75) is 31.0 Å². The van der Waals surface area contributed by atoms with Crippen LogP contribution in [0, 0.1) is 29.2 Å². The van der Waals surface area contributed by atoms with Crippen LogP contribution in [0.1, 0.15) is 23.2 Å². The highest BCUT2D eigenvalue weighted by atomic mass is 35.5. The zero-order valence-corrected chi connectivity index (χ0v) is 18.1. The third kappa shape index (κ3) is 4.06. The Labute approximate surface area is 199 Å². The lowest BCUT2D eigenvalue weighted by Gasteiger charge is -2.33. The van der Waals surface area contributed by atoms with Crippen LogP contribution in [0.4, 0.5) is 39.5 Å². The van der Waals surface area contributed by atoms with Crippen molar-refractivity contribution < 1.29 is 44.3 Å². The summed E-state index contributed by atoms with van der Waals surface area (Å²) in [6, 6.07) is 0.809. The first-order chi connectivity index (χ1) is 16.7. The minimum absolute atomic E-state index is 0.204. The van der Waals surface area contributed by atoms with Crippen molar-refractivity contribution in [1.29, 1.82) is 0 Å². The van der Waals surface area contributed by atoms with Crippen molar-refractivity contribution in [2.75, 3.05) is 0 Å². The Kier molecular flexibility index (Phi) is 6.22. The van der Waals surface area contributed by atoms with Crippen molar-refractivity contribution in [2.24, 2.45) is 5.92 Å². The summed E-state index contributed by atoms with van der Waals surface area (Å²) in [6.07, 6.45) is -4.80. The topological polar surface area (TPSA) is 64.0 Å². The number of nitrogens with zero attached hydrogens (tertiary/aromatic N) is 2. The van der Waals surface area contributed by atoms with Crippen LogP contribution in [0.3, 0.4) is 0 Å². The lowest BCUT2D eigenvalue weighted by molar-refractivity contribution is -0.229. The predicted molar refractivity (Wildman–Crippen MR) is 107 cm³/mol. The molecule has 0 bridgehead atoms. The highest BCUT2D eigenvalue weighted by molar-refractivity contribution is 6.29. The molecule has 3 aromatic rings. The Morgan fingerprint density at radius 1 is 1.06 bits per heavy atom. The summed E-state index contributed by atoms with van der Waals surface area (Å²) in [6.45, 7) is 0. The summed E-state index contributed by atoms with van der Waals surface area (Å²) < 4.78 is 126. The molecular weight excluding hydrogens is 533 g/mol. The van der Waals surface area contributed by atoms with Gasteiger partial charge in [0.05, 0.1) is 5.39 Å². The molecule has 0 aliphatic heterocycles. The Bertz CT molecular complexity index is 1440. The van der Waals surface area contributed by atoms with Crippen molar-refractivity contribution in [3.8, 4) is 5.69 Å². The summed E-state index contributed by atoms with van der Waals surface area (Å²) in [7, 11) is 0. The maximum atomic E-state index is 15.2. The van der Waals surface area contributed by atoms with Gasteiger partial charge in [-0.25, -0.2) is 35.7 Å². The maximum absolute atomic E-state index is 15.2. The molecule has 4 rings (SSSR count). The lowest BCUT2D eigenvalue weighted by Crippen LogP contribution is -2.62. The van der Waals surface area contributed by atoms with Crippen LogP contribution < -0.4 is 10.7 Å². The Hall–Kier alpha value is -3.29. The van der Waals surface area contributed by atoms with E-state index >= 15 is 4.39 Å². The van der Waals surface area contributed by atoms with Crippen molar-refractivity contribution in [1.82, 2.24) is 14.9 Å². The molecule has 5 nitrogen and oxygen atoms in total. The van der Waals surface area contributed by atoms with Gasteiger partial charge in [-0.05, 0) is 18.9 Å². The molecule has 1 saturated carbocycles. The highest BCUT2D eigenvalue weighted by Crippen LogP contribution is 2.50. The molecule has 1 aliphatic rings. The van der Waals surface area contributed by atoms with E-state index in [2.05, 4.69) is 4.98 Å². The van der Waals surface area contributed by atoms with E-state index in [1.54, 1.807) is 0 Å². The number of halogens is 10. The molecule has 192 valence electrons. The second-order valence-electron chi connectivity index (χ2n) is 7.96. The molecular formula is C21H11ClF9N3O2. The van der Waals surface area contributed by atoms with Gasteiger partial charge in [-0.2, -0.15) is 8.78 Å². The van der Waals surface area contributed by atoms with Gasteiger partial charge >= 0.3 is 12.3 Å². The standard InChI is InChI=1S/C21H11ClF9N3O2/c22-16-13(26)5-9-15(35)10(18(36)33-21(31,7-1-2-7)20(29,30)19(27)28)6-34(17(9)32-16)14-11(24)3-8(23)4-12(14)25/h3-7,19H,1-2H2,(H,33,36). The maximum Gasteiger partial charge on any atom is 0.358 e. The van der Waals surface area contributed by atoms with Crippen molar-refractivity contribution in [3.63, 3.8) is 0 Å². The van der Waals surface area contributed by atoms with Crippen LogP contribution in [-0.2, 0) is 0 Å². The van der Waals surface area contributed by atoms with Crippen molar-refractivity contribution in [3.05, 3.63) is 68.6 Å². The Morgan fingerprint density at radius 3 is 2.17 bits per heavy atom. The van der Waals surface area contributed by atoms with Gasteiger partial charge < -0.3 is 5.32 Å². The fourth-order valence-electron chi connectivity index (χ4n) is 3.63. The lowest BCUT2D eigenvalue weighted by atomic mass is 10.0. The molecule has 0 radical (unpaired) electrons. The number of hydrogen-bond donors (Lipinski definition) is 1. The number of fused-ring (bicyclic) bond motifs is 1.